The topological polar surface area (TPSA) is 327 Å². The summed E-state index contributed by atoms with van der Waals surface area (Å²) in [5, 5.41) is 17.0. The lowest BCUT2D eigenvalue weighted by atomic mass is 10.1. The number of sulfonamides is 2. The Bertz CT molecular complexity index is 3090. The Morgan fingerprint density at radius 3 is 2.05 bits per heavy atom. The number of benzene rings is 2. The Morgan fingerprint density at radius 2 is 1.53 bits per heavy atom. The molecule has 66 heavy (non-hydrogen) atoms. The molecule has 3 amide bonds. The van der Waals surface area contributed by atoms with Crippen LogP contribution in [0.3, 0.4) is 0 Å². The van der Waals surface area contributed by atoms with E-state index in [1.807, 2.05) is 0 Å². The number of anilines is 3. The van der Waals surface area contributed by atoms with Crippen LogP contribution in [0, 0.1) is 6.92 Å². The number of amides is 3. The van der Waals surface area contributed by atoms with Crippen molar-refractivity contribution in [1.82, 2.24) is 43.1 Å². The van der Waals surface area contributed by atoms with Crippen LogP contribution in [0.5, 0.6) is 11.8 Å². The fourth-order valence-corrected chi connectivity index (χ4v) is 9.59. The molecule has 33 heteroatoms. The molecule has 4 heterocycles. The fourth-order valence-electron chi connectivity index (χ4n) is 5.45. The maximum Gasteiger partial charge on any atom is 0.355 e. The number of aromatic carboxylic acids is 1. The Kier molecular flexibility index (Phi) is 16.2. The second-order valence-electron chi connectivity index (χ2n) is 13.1. The summed E-state index contributed by atoms with van der Waals surface area (Å²) >= 11 is 17.5. The summed E-state index contributed by atoms with van der Waals surface area (Å²) in [5.41, 5.74) is -1.33. The van der Waals surface area contributed by atoms with Crippen LogP contribution in [0.15, 0.2) is 52.3 Å². The third kappa shape index (κ3) is 12.1. The van der Waals surface area contributed by atoms with Crippen molar-refractivity contribution in [2.45, 2.75) is 38.4 Å². The van der Waals surface area contributed by atoms with Crippen LogP contribution in [0.1, 0.15) is 46.9 Å². The second kappa shape index (κ2) is 20.4. The number of carbonyl (C=O) groups excluding carboxylic acids is 2. The number of carboxylic acids is 1. The van der Waals surface area contributed by atoms with Crippen molar-refractivity contribution in [3.63, 3.8) is 0 Å². The zero-order valence-electron chi connectivity index (χ0n) is 34.7. The van der Waals surface area contributed by atoms with Crippen LogP contribution < -0.4 is 34.6 Å². The van der Waals surface area contributed by atoms with Gasteiger partial charge in [-0.1, -0.05) is 46.9 Å². The van der Waals surface area contributed by atoms with Gasteiger partial charge in [-0.15, -0.1) is 5.10 Å². The zero-order chi connectivity index (χ0) is 49.8. The smallest absolute Gasteiger partial charge is 0.355 e. The number of rotatable bonds is 11. The summed E-state index contributed by atoms with van der Waals surface area (Å²) in [7, 11) is -8.26. The standard InChI is InChI=1S/C12H13ClN6O7S.C11H10Cl2F2N4O3S.C10H12N2O3S/c1-19-9(7(10(20)21)8(13)17-19)27(23,24)18-12(22)16-11-14-5(25-2)4-6(15-11)26-3;1-5-16-19(11(20)18(5)10(14)15)9-4-8(17-23(2,21)22)6(12)3-7(9)13;1-7(2)12-10(13)8-5-3-4-6-9(8)11-16(12,14)15/h4H,1-3H3,(H,20,21)(H2,14,15,16,18,22);3-4,10,17H,1-2H3;3-7,11H,1-2H3. The van der Waals surface area contributed by atoms with Crippen LogP contribution in [-0.2, 0) is 37.3 Å². The summed E-state index contributed by atoms with van der Waals surface area (Å²) in [5.74, 6) is -2.56. The third-order valence-electron chi connectivity index (χ3n) is 8.03. The number of ether oxygens (including phenoxy) is 2. The van der Waals surface area contributed by atoms with Crippen molar-refractivity contribution in [3.05, 3.63) is 85.1 Å². The van der Waals surface area contributed by atoms with Crippen LogP contribution in [0.4, 0.5) is 30.9 Å². The summed E-state index contributed by atoms with van der Waals surface area (Å²) in [4.78, 5) is 54.9. The van der Waals surface area contributed by atoms with Gasteiger partial charge in [0.15, 0.2) is 10.2 Å². The first-order valence-corrected chi connectivity index (χ1v) is 23.6. The zero-order valence-corrected chi connectivity index (χ0v) is 39.5. The average Bonchev–Trinajstić information content (AvgIpc) is 3.67. The minimum absolute atomic E-state index is 0.0257. The molecule has 0 atom stereocenters. The second-order valence-corrected chi connectivity index (χ2v) is 19.2. The Hall–Kier alpha value is -6.34. The number of fused-ring (bicyclic) bond motifs is 1. The quantitative estimate of drug-likeness (QED) is 0.126. The van der Waals surface area contributed by atoms with Crippen LogP contribution in [0.2, 0.25) is 15.2 Å². The number of hydrogen-bond acceptors (Lipinski definition) is 16. The lowest BCUT2D eigenvalue weighted by Crippen LogP contribution is -2.48. The molecule has 25 nitrogen and oxygen atoms in total. The van der Waals surface area contributed by atoms with E-state index >= 15 is 0 Å². The molecule has 6 rings (SSSR count). The van der Waals surface area contributed by atoms with Crippen molar-refractivity contribution < 1.29 is 63.0 Å². The van der Waals surface area contributed by atoms with E-state index in [1.54, 1.807) is 42.8 Å². The molecule has 1 aliphatic heterocycles. The van der Waals surface area contributed by atoms with Gasteiger partial charge in [0.25, 0.3) is 15.9 Å². The molecule has 0 radical (unpaired) electrons. The number of carboxylic acid groups (broad SMARTS) is 1. The van der Waals surface area contributed by atoms with Crippen LogP contribution >= 0.6 is 34.8 Å². The molecule has 358 valence electrons. The van der Waals surface area contributed by atoms with Crippen molar-refractivity contribution in [2.24, 2.45) is 7.05 Å². The molecular weight excluding hydrogens is 1010 g/mol. The first-order chi connectivity index (χ1) is 30.5. The Balaban J connectivity index is 0.000000223. The lowest BCUT2D eigenvalue weighted by Gasteiger charge is -2.31. The number of carbonyl (C=O) groups is 3. The van der Waals surface area contributed by atoms with Gasteiger partial charge in [-0.2, -0.15) is 45.4 Å². The number of nitrogens with one attached hydrogen (secondary N) is 4. The van der Waals surface area contributed by atoms with Crippen molar-refractivity contribution in [3.8, 4) is 17.4 Å². The molecule has 1 aliphatic rings. The molecule has 0 saturated carbocycles. The SMILES string of the molecule is CC(C)N1C(=O)c2ccccc2NS1(=O)=O.COc1cc(OC)nc(NC(=O)NS(=O)(=O)c2c(C(=O)O)c(Cl)nn2C)n1.Cc1nn(-c2cc(NS(C)(=O)=O)c(Cl)cc2Cl)c(=O)n1C(F)F. The van der Waals surface area contributed by atoms with Gasteiger partial charge in [-0.3, -0.25) is 24.2 Å². The van der Waals surface area contributed by atoms with E-state index in [-0.39, 0.29) is 49.5 Å². The Labute approximate surface area is 387 Å². The van der Waals surface area contributed by atoms with E-state index in [9.17, 15) is 53.2 Å². The van der Waals surface area contributed by atoms with E-state index in [1.165, 1.54) is 33.3 Å². The van der Waals surface area contributed by atoms with Gasteiger partial charge in [-0.05, 0) is 45.0 Å². The predicted octanol–water partition coefficient (Wildman–Crippen LogP) is 3.71. The number of halogens is 5. The molecule has 0 saturated heterocycles. The summed E-state index contributed by atoms with van der Waals surface area (Å²) < 4.78 is 115. The first-order valence-electron chi connectivity index (χ1n) is 17.7. The largest absolute Gasteiger partial charge is 0.481 e. The van der Waals surface area contributed by atoms with Gasteiger partial charge in [0.1, 0.15) is 11.4 Å². The highest BCUT2D eigenvalue weighted by atomic mass is 35.5. The molecule has 5 aromatic rings. The van der Waals surface area contributed by atoms with Gasteiger partial charge >= 0.3 is 34.4 Å². The number of para-hydroxylation sites is 1. The molecule has 0 spiro atoms. The number of aromatic nitrogens is 7. The van der Waals surface area contributed by atoms with Crippen molar-refractivity contribution in [2.75, 3.05) is 35.2 Å². The van der Waals surface area contributed by atoms with Crippen molar-refractivity contribution in [1.29, 1.82) is 0 Å². The maximum atomic E-state index is 12.8. The van der Waals surface area contributed by atoms with Gasteiger partial charge < -0.3 is 14.6 Å². The molecular formula is C33H35Cl3F2N12O13S3. The number of hydrogen-bond donors (Lipinski definition) is 5. The molecule has 0 fully saturated rings. The summed E-state index contributed by atoms with van der Waals surface area (Å²) in [6.45, 7) is 1.47. The third-order valence-corrected chi connectivity index (χ3v) is 12.5. The van der Waals surface area contributed by atoms with Crippen molar-refractivity contribution >= 4 is 100 Å². The predicted molar refractivity (Wildman–Crippen MR) is 232 cm³/mol. The highest BCUT2D eigenvalue weighted by Gasteiger charge is 2.37. The lowest BCUT2D eigenvalue weighted by molar-refractivity contribution is 0.0638. The van der Waals surface area contributed by atoms with Gasteiger partial charge in [0.05, 0.1) is 59.2 Å². The maximum absolute atomic E-state index is 12.8. The molecule has 5 N–H and O–H groups in total. The first kappa shape index (κ1) is 52.3. The molecule has 0 unspecified atom stereocenters. The minimum atomic E-state index is -4.64. The average molecular weight is 1050 g/mol. The molecule has 0 aliphatic carbocycles. The van der Waals surface area contributed by atoms with Gasteiger partial charge in [0, 0.05) is 13.1 Å². The Morgan fingerprint density at radius 1 is 0.939 bits per heavy atom. The van der Waals surface area contributed by atoms with Gasteiger partial charge in [-0.25, -0.2) is 36.4 Å². The van der Waals surface area contributed by atoms with E-state index in [0.717, 1.165) is 23.7 Å². The number of methoxy groups -OCH3 is 2. The molecule has 0 bridgehead atoms. The van der Waals surface area contributed by atoms with E-state index in [0.29, 0.717) is 20.6 Å². The van der Waals surface area contributed by atoms with E-state index in [2.05, 4.69) is 34.9 Å². The molecule has 2 aromatic carbocycles. The number of urea groups is 1. The fraction of sp³-hybridized carbons (Fsp3) is 0.273. The highest BCUT2D eigenvalue weighted by Crippen LogP contribution is 2.32. The van der Waals surface area contributed by atoms with Crippen LogP contribution in [0.25, 0.3) is 5.69 Å². The monoisotopic (exact) mass is 1050 g/mol. The summed E-state index contributed by atoms with van der Waals surface area (Å²) in [6.07, 6.45) is 0.902. The molecule has 3 aromatic heterocycles. The van der Waals surface area contributed by atoms with E-state index < -0.39 is 82.2 Å². The summed E-state index contributed by atoms with van der Waals surface area (Å²) in [6, 6.07) is 8.53. The number of alkyl halides is 2. The number of nitrogens with zero attached hydrogens (tertiary/aromatic N) is 8. The minimum Gasteiger partial charge on any atom is -0.481 e. The highest BCUT2D eigenvalue weighted by molar-refractivity contribution is 7.92. The van der Waals surface area contributed by atoms with Crippen LogP contribution in [-0.4, -0.2) is 113 Å². The van der Waals surface area contributed by atoms with E-state index in [4.69, 9.17) is 49.4 Å². The normalized spacial score (nSPS) is 13.1. The number of aryl methyl sites for hydroxylation is 2. The van der Waals surface area contributed by atoms with Gasteiger partial charge in [0.2, 0.25) is 27.7 Å².